The van der Waals surface area contributed by atoms with Gasteiger partial charge in [-0.05, 0) is 18.2 Å². The van der Waals surface area contributed by atoms with Crippen LogP contribution in [0, 0.1) is 0 Å². The molecule has 5 nitrogen and oxygen atoms in total. The van der Waals surface area contributed by atoms with Crippen LogP contribution in [0.15, 0.2) is 24.3 Å². The number of aromatic nitrogens is 2. The van der Waals surface area contributed by atoms with Gasteiger partial charge in [-0.25, -0.2) is 15.8 Å². The number of rotatable bonds is 4. The number of anilines is 3. The van der Waals surface area contributed by atoms with Gasteiger partial charge in [0.25, 0.3) is 0 Å². The summed E-state index contributed by atoms with van der Waals surface area (Å²) < 4.78 is 0. The molecule has 0 aliphatic rings. The Kier molecular flexibility index (Phi) is 4.65. The van der Waals surface area contributed by atoms with E-state index in [0.717, 1.165) is 5.69 Å². The monoisotopic (exact) mass is 311 g/mol. The van der Waals surface area contributed by atoms with E-state index in [0.29, 0.717) is 27.5 Å². The van der Waals surface area contributed by atoms with Gasteiger partial charge in [-0.2, -0.15) is 0 Å². The number of hydrogen-bond donors (Lipinski definition) is 3. The molecule has 20 heavy (non-hydrogen) atoms. The lowest BCUT2D eigenvalue weighted by Gasteiger charge is -2.11. The second-order valence-electron chi connectivity index (χ2n) is 4.55. The summed E-state index contributed by atoms with van der Waals surface area (Å²) in [6.07, 6.45) is 0. The molecule has 0 bridgehead atoms. The maximum atomic E-state index is 5.98. The van der Waals surface area contributed by atoms with Crippen LogP contribution < -0.4 is 16.6 Å². The van der Waals surface area contributed by atoms with Gasteiger partial charge in [0.05, 0.1) is 10.0 Å². The SMILES string of the molecule is CC(C)c1nc(NN)cc(Nc2ccc(Cl)c(Cl)c2)n1. The van der Waals surface area contributed by atoms with E-state index in [1.54, 1.807) is 18.2 Å². The van der Waals surface area contributed by atoms with E-state index in [1.807, 2.05) is 19.9 Å². The van der Waals surface area contributed by atoms with Gasteiger partial charge in [-0.1, -0.05) is 37.0 Å². The second-order valence-corrected chi connectivity index (χ2v) is 5.36. The van der Waals surface area contributed by atoms with E-state index in [4.69, 9.17) is 29.0 Å². The Morgan fingerprint density at radius 2 is 1.75 bits per heavy atom. The standard InChI is InChI=1S/C13H15Cl2N5/c1-7(2)13-18-11(6-12(19-13)20-16)17-8-3-4-9(14)10(15)5-8/h3-7H,16H2,1-2H3,(H2,17,18,19,20). The number of nitrogens with one attached hydrogen (secondary N) is 2. The van der Waals surface area contributed by atoms with Crippen molar-refractivity contribution in [3.05, 3.63) is 40.1 Å². The molecule has 7 heteroatoms. The Morgan fingerprint density at radius 3 is 2.35 bits per heavy atom. The van der Waals surface area contributed by atoms with Crippen LogP contribution >= 0.6 is 23.2 Å². The van der Waals surface area contributed by atoms with Crippen molar-refractivity contribution in [2.75, 3.05) is 10.7 Å². The Balaban J connectivity index is 2.32. The van der Waals surface area contributed by atoms with Crippen molar-refractivity contribution >= 4 is 40.5 Å². The zero-order chi connectivity index (χ0) is 14.7. The van der Waals surface area contributed by atoms with Gasteiger partial charge in [0.1, 0.15) is 17.5 Å². The first-order valence-electron chi connectivity index (χ1n) is 6.07. The highest BCUT2D eigenvalue weighted by atomic mass is 35.5. The van der Waals surface area contributed by atoms with E-state index in [1.165, 1.54) is 0 Å². The van der Waals surface area contributed by atoms with Crippen molar-refractivity contribution in [3.8, 4) is 0 Å². The Morgan fingerprint density at radius 1 is 1.05 bits per heavy atom. The summed E-state index contributed by atoms with van der Waals surface area (Å²) in [6.45, 7) is 4.02. The zero-order valence-corrected chi connectivity index (χ0v) is 12.6. The number of halogens is 2. The molecule has 0 radical (unpaired) electrons. The van der Waals surface area contributed by atoms with Gasteiger partial charge in [-0.3, -0.25) is 0 Å². The van der Waals surface area contributed by atoms with Gasteiger partial charge < -0.3 is 10.7 Å². The minimum Gasteiger partial charge on any atom is -0.340 e. The fourth-order valence-electron chi connectivity index (χ4n) is 1.58. The minimum absolute atomic E-state index is 0.192. The number of benzene rings is 1. The van der Waals surface area contributed by atoms with Gasteiger partial charge in [0.15, 0.2) is 0 Å². The number of nitrogen functional groups attached to an aromatic ring is 1. The summed E-state index contributed by atoms with van der Waals surface area (Å²) in [6, 6.07) is 6.99. The summed E-state index contributed by atoms with van der Waals surface area (Å²) in [7, 11) is 0. The molecule has 106 valence electrons. The lowest BCUT2D eigenvalue weighted by molar-refractivity contribution is 0.777. The van der Waals surface area contributed by atoms with Crippen molar-refractivity contribution in [1.29, 1.82) is 0 Å². The van der Waals surface area contributed by atoms with E-state index in [2.05, 4.69) is 20.7 Å². The molecule has 0 spiro atoms. The van der Waals surface area contributed by atoms with Crippen molar-refractivity contribution in [2.45, 2.75) is 19.8 Å². The molecule has 0 saturated carbocycles. The maximum absolute atomic E-state index is 5.98. The molecule has 0 fully saturated rings. The lowest BCUT2D eigenvalue weighted by atomic mass is 10.2. The smallest absolute Gasteiger partial charge is 0.145 e. The maximum Gasteiger partial charge on any atom is 0.145 e. The molecule has 2 aromatic rings. The summed E-state index contributed by atoms with van der Waals surface area (Å²) in [4.78, 5) is 8.72. The first-order valence-corrected chi connectivity index (χ1v) is 6.83. The van der Waals surface area contributed by atoms with Crippen molar-refractivity contribution in [2.24, 2.45) is 5.84 Å². The van der Waals surface area contributed by atoms with Crippen LogP contribution in [0.25, 0.3) is 0 Å². The molecule has 0 saturated heterocycles. The molecule has 0 aliphatic carbocycles. The molecule has 1 aromatic heterocycles. The molecule has 1 aromatic carbocycles. The van der Waals surface area contributed by atoms with Crippen LogP contribution in [-0.2, 0) is 0 Å². The average molecular weight is 312 g/mol. The first kappa shape index (κ1) is 14.8. The lowest BCUT2D eigenvalue weighted by Crippen LogP contribution is -2.12. The number of nitrogens with zero attached hydrogens (tertiary/aromatic N) is 2. The average Bonchev–Trinajstić information content (AvgIpc) is 2.42. The number of nitrogens with two attached hydrogens (primary N) is 1. The Labute approximate surface area is 127 Å². The van der Waals surface area contributed by atoms with Gasteiger partial charge in [0, 0.05) is 17.7 Å². The van der Waals surface area contributed by atoms with E-state index >= 15 is 0 Å². The van der Waals surface area contributed by atoms with Crippen molar-refractivity contribution in [3.63, 3.8) is 0 Å². The quantitative estimate of drug-likeness (QED) is 0.589. The number of hydrogen-bond acceptors (Lipinski definition) is 5. The van der Waals surface area contributed by atoms with Crippen molar-refractivity contribution < 1.29 is 0 Å². The Bertz CT molecular complexity index is 616. The van der Waals surface area contributed by atoms with Crippen LogP contribution in [0.5, 0.6) is 0 Å². The minimum atomic E-state index is 0.192. The van der Waals surface area contributed by atoms with Crippen LogP contribution in [0.2, 0.25) is 10.0 Å². The van der Waals surface area contributed by atoms with Crippen LogP contribution in [0.3, 0.4) is 0 Å². The summed E-state index contributed by atoms with van der Waals surface area (Å²) in [5, 5.41) is 4.14. The summed E-state index contributed by atoms with van der Waals surface area (Å²) in [5.74, 6) is 7.49. The van der Waals surface area contributed by atoms with E-state index in [9.17, 15) is 0 Å². The molecule has 0 unspecified atom stereocenters. The van der Waals surface area contributed by atoms with Crippen molar-refractivity contribution in [1.82, 2.24) is 9.97 Å². The highest BCUT2D eigenvalue weighted by molar-refractivity contribution is 6.42. The molecule has 4 N–H and O–H groups in total. The molecule has 0 amide bonds. The van der Waals surface area contributed by atoms with E-state index in [-0.39, 0.29) is 5.92 Å². The topological polar surface area (TPSA) is 75.9 Å². The predicted molar refractivity (Wildman–Crippen MR) is 83.7 cm³/mol. The normalized spacial score (nSPS) is 10.7. The molecular formula is C13H15Cl2N5. The fourth-order valence-corrected chi connectivity index (χ4v) is 1.88. The first-order chi connectivity index (χ1) is 9.49. The zero-order valence-electron chi connectivity index (χ0n) is 11.1. The number of hydrazine groups is 1. The molecule has 1 heterocycles. The third-order valence-electron chi connectivity index (χ3n) is 2.60. The third kappa shape index (κ3) is 3.50. The Hall–Kier alpha value is -1.56. The summed E-state index contributed by atoms with van der Waals surface area (Å²) in [5.41, 5.74) is 3.32. The molecular weight excluding hydrogens is 297 g/mol. The molecule has 2 rings (SSSR count). The molecule has 0 aliphatic heterocycles. The highest BCUT2D eigenvalue weighted by Crippen LogP contribution is 2.27. The van der Waals surface area contributed by atoms with E-state index < -0.39 is 0 Å². The van der Waals surface area contributed by atoms with Crippen LogP contribution in [0.4, 0.5) is 17.3 Å². The molecule has 0 atom stereocenters. The van der Waals surface area contributed by atoms with Gasteiger partial charge in [-0.15, -0.1) is 0 Å². The fraction of sp³-hybridized carbons (Fsp3) is 0.231. The predicted octanol–water partition coefficient (Wildman–Crippen LogP) is 3.94. The third-order valence-corrected chi connectivity index (χ3v) is 3.34. The van der Waals surface area contributed by atoms with Gasteiger partial charge in [0.2, 0.25) is 0 Å². The largest absolute Gasteiger partial charge is 0.340 e. The van der Waals surface area contributed by atoms with Gasteiger partial charge >= 0.3 is 0 Å². The highest BCUT2D eigenvalue weighted by Gasteiger charge is 2.08. The van der Waals surface area contributed by atoms with Crippen LogP contribution in [-0.4, -0.2) is 9.97 Å². The second kappa shape index (κ2) is 6.26. The van der Waals surface area contributed by atoms with Crippen LogP contribution in [0.1, 0.15) is 25.6 Å². The summed E-state index contributed by atoms with van der Waals surface area (Å²) >= 11 is 11.9.